The second-order valence-electron chi connectivity index (χ2n) is 8.64. The number of rotatable bonds is 6. The first-order chi connectivity index (χ1) is 16.3. The molecule has 2 aliphatic rings. The average molecular weight is 498 g/mol. The predicted octanol–water partition coefficient (Wildman–Crippen LogP) is 3.67. The number of benzene rings is 1. The van der Waals surface area contributed by atoms with Gasteiger partial charge in [-0.05, 0) is 57.0 Å². The van der Waals surface area contributed by atoms with E-state index in [1.165, 1.54) is 16.9 Å². The van der Waals surface area contributed by atoms with Crippen LogP contribution in [-0.4, -0.2) is 50.0 Å². The lowest BCUT2D eigenvalue weighted by Crippen LogP contribution is -2.53. The predicted molar refractivity (Wildman–Crippen MR) is 139 cm³/mol. The molecule has 0 radical (unpaired) electrons. The van der Waals surface area contributed by atoms with E-state index >= 15 is 0 Å². The Labute approximate surface area is 207 Å². The fourth-order valence-corrected chi connectivity index (χ4v) is 6.62. The minimum atomic E-state index is -1.32. The molecule has 1 aliphatic heterocycles. The van der Waals surface area contributed by atoms with Crippen LogP contribution >= 0.6 is 11.3 Å². The number of nitrogens with two attached hydrogens (primary N) is 2. The van der Waals surface area contributed by atoms with E-state index in [-0.39, 0.29) is 11.9 Å². The third-order valence-electron chi connectivity index (χ3n) is 6.07. The van der Waals surface area contributed by atoms with Crippen molar-refractivity contribution in [3.05, 3.63) is 82.5 Å². The quantitative estimate of drug-likeness (QED) is 0.469. The summed E-state index contributed by atoms with van der Waals surface area (Å²) in [5, 5.41) is 1.57. The third kappa shape index (κ3) is 5.50. The third-order valence-corrected chi connectivity index (χ3v) is 9.13. The molecule has 2 unspecified atom stereocenters. The van der Waals surface area contributed by atoms with Crippen molar-refractivity contribution in [2.45, 2.75) is 36.9 Å². The highest BCUT2D eigenvalue weighted by atomic mass is 32.2. The number of piperazine rings is 1. The van der Waals surface area contributed by atoms with Crippen molar-refractivity contribution in [1.82, 2.24) is 14.2 Å². The maximum atomic E-state index is 13.3. The molecule has 1 saturated heterocycles. The van der Waals surface area contributed by atoms with Gasteiger partial charge in [0.15, 0.2) is 0 Å². The van der Waals surface area contributed by atoms with Crippen LogP contribution in [0.1, 0.15) is 41.9 Å². The van der Waals surface area contributed by atoms with Gasteiger partial charge in [0.1, 0.15) is 15.2 Å². The lowest BCUT2D eigenvalue weighted by molar-refractivity contribution is 0.0648. The summed E-state index contributed by atoms with van der Waals surface area (Å²) in [6.07, 6.45) is 7.66. The second kappa shape index (κ2) is 10.7. The highest BCUT2D eigenvalue weighted by Crippen LogP contribution is 2.28. The molecule has 180 valence electrons. The Morgan fingerprint density at radius 1 is 1.15 bits per heavy atom. The van der Waals surface area contributed by atoms with Gasteiger partial charge in [0.25, 0.3) is 5.91 Å². The van der Waals surface area contributed by atoms with Crippen LogP contribution in [-0.2, 0) is 11.0 Å². The van der Waals surface area contributed by atoms with Crippen molar-refractivity contribution < 1.29 is 9.00 Å². The molecule has 1 aromatic heterocycles. The molecule has 1 amide bonds. The minimum Gasteiger partial charge on any atom is -0.396 e. The maximum Gasteiger partial charge on any atom is 0.253 e. The Morgan fingerprint density at radius 3 is 2.59 bits per heavy atom. The Bertz CT molecular complexity index is 1160. The topological polar surface area (TPSA) is 95.9 Å². The molecule has 1 aromatic carbocycles. The minimum absolute atomic E-state index is 0.0132. The zero-order chi connectivity index (χ0) is 24.2. The van der Waals surface area contributed by atoms with E-state index in [2.05, 4.69) is 13.0 Å². The van der Waals surface area contributed by atoms with Crippen LogP contribution in [0.15, 0.2) is 76.3 Å². The molecule has 0 spiro atoms. The fraction of sp³-hybridized carbons (Fsp3) is 0.320. The molecule has 9 heteroatoms. The molecule has 0 saturated carbocycles. The standard InChI is InChI=1S/C25H31N5O2S2/c1-18-8-10-21(11-9-18)29(27)17-22(26)23-12-13-24(33-23)34(32)30-15-14-28(16-19(30)2)25(31)20-6-4-3-5-7-20/h3-8,10,12-13,17,19H,9,11,14-16,26-27H2,1-2H3/b22-17-. The van der Waals surface area contributed by atoms with Crippen LogP contribution in [0.3, 0.4) is 0 Å². The van der Waals surface area contributed by atoms with E-state index in [9.17, 15) is 9.00 Å². The van der Waals surface area contributed by atoms with Gasteiger partial charge in [-0.15, -0.1) is 11.3 Å². The number of carbonyl (C=O) groups is 1. The van der Waals surface area contributed by atoms with Gasteiger partial charge >= 0.3 is 0 Å². The number of allylic oxidation sites excluding steroid dienone is 4. The molecule has 0 bridgehead atoms. The van der Waals surface area contributed by atoms with Gasteiger partial charge in [-0.3, -0.25) is 9.80 Å². The number of hydrogen-bond donors (Lipinski definition) is 2. The summed E-state index contributed by atoms with van der Waals surface area (Å²) >= 11 is 1.41. The highest BCUT2D eigenvalue weighted by molar-refractivity contribution is 7.85. The van der Waals surface area contributed by atoms with E-state index in [0.717, 1.165) is 27.6 Å². The van der Waals surface area contributed by atoms with E-state index in [1.54, 1.807) is 11.2 Å². The van der Waals surface area contributed by atoms with Crippen LogP contribution in [0.2, 0.25) is 0 Å². The van der Waals surface area contributed by atoms with Gasteiger partial charge in [-0.25, -0.2) is 14.4 Å². The van der Waals surface area contributed by atoms with Crippen molar-refractivity contribution in [2.75, 3.05) is 19.6 Å². The van der Waals surface area contributed by atoms with Gasteiger partial charge < -0.3 is 10.6 Å². The SMILES string of the molecule is CC1=CC=C(N(N)/C=C(\N)c2ccc(S(=O)N3CCN(C(=O)c4ccccc4)CC3C)s2)CC1. The number of carbonyl (C=O) groups excluding carboxylic acids is 1. The van der Waals surface area contributed by atoms with Gasteiger partial charge in [0, 0.05) is 43.1 Å². The van der Waals surface area contributed by atoms with Crippen LogP contribution < -0.4 is 11.6 Å². The first-order valence-electron chi connectivity index (χ1n) is 11.3. The molecule has 7 nitrogen and oxygen atoms in total. The van der Waals surface area contributed by atoms with Gasteiger partial charge in [0.2, 0.25) is 0 Å². The van der Waals surface area contributed by atoms with Crippen molar-refractivity contribution in [3.8, 4) is 0 Å². The number of amides is 1. The Hall–Kier alpha value is -2.72. The molecule has 2 atom stereocenters. The van der Waals surface area contributed by atoms with Crippen molar-refractivity contribution in [1.29, 1.82) is 0 Å². The number of nitrogens with zero attached hydrogens (tertiary/aromatic N) is 3. The normalized spacial score (nSPS) is 20.5. The zero-order valence-corrected chi connectivity index (χ0v) is 21.1. The van der Waals surface area contributed by atoms with Crippen molar-refractivity contribution in [2.24, 2.45) is 11.6 Å². The Morgan fingerprint density at radius 2 is 1.91 bits per heavy atom. The monoisotopic (exact) mass is 497 g/mol. The summed E-state index contributed by atoms with van der Waals surface area (Å²) in [4.78, 5) is 15.4. The van der Waals surface area contributed by atoms with Crippen LogP contribution in [0.25, 0.3) is 5.70 Å². The van der Waals surface area contributed by atoms with Gasteiger partial charge in [0.05, 0.1) is 10.6 Å². The Kier molecular flexibility index (Phi) is 7.67. The van der Waals surface area contributed by atoms with E-state index in [4.69, 9.17) is 11.6 Å². The second-order valence-corrected chi connectivity index (χ2v) is 11.4. The summed E-state index contributed by atoms with van der Waals surface area (Å²) in [5.74, 6) is 6.21. The summed E-state index contributed by atoms with van der Waals surface area (Å²) in [5.41, 5.74) is 9.86. The van der Waals surface area contributed by atoms with Crippen LogP contribution in [0.5, 0.6) is 0 Å². The van der Waals surface area contributed by atoms with Crippen molar-refractivity contribution in [3.63, 3.8) is 0 Å². The number of hydrazine groups is 1. The molecule has 1 aliphatic carbocycles. The molecule has 34 heavy (non-hydrogen) atoms. The van der Waals surface area contributed by atoms with E-state index in [1.807, 2.05) is 64.7 Å². The van der Waals surface area contributed by atoms with Gasteiger partial charge in [-0.1, -0.05) is 29.8 Å². The first-order valence-corrected chi connectivity index (χ1v) is 13.3. The molecule has 2 heterocycles. The first kappa shape index (κ1) is 24.4. The van der Waals surface area contributed by atoms with Crippen LogP contribution in [0, 0.1) is 0 Å². The lowest BCUT2D eigenvalue weighted by atomic mass is 10.0. The summed E-state index contributed by atoms with van der Waals surface area (Å²) < 4.78 is 16.0. The Balaban J connectivity index is 1.40. The van der Waals surface area contributed by atoms with E-state index < -0.39 is 11.0 Å². The molecular formula is C25H31N5O2S2. The zero-order valence-electron chi connectivity index (χ0n) is 19.5. The average Bonchev–Trinajstić information content (AvgIpc) is 3.34. The molecule has 4 rings (SSSR count). The van der Waals surface area contributed by atoms with E-state index in [0.29, 0.717) is 30.9 Å². The van der Waals surface area contributed by atoms with Crippen LogP contribution in [0.4, 0.5) is 0 Å². The highest BCUT2D eigenvalue weighted by Gasteiger charge is 2.31. The summed E-state index contributed by atoms with van der Waals surface area (Å²) in [7, 11) is -1.32. The number of hydrogen-bond acceptors (Lipinski definition) is 6. The fourth-order valence-electron chi connectivity index (χ4n) is 4.06. The molecular weight excluding hydrogens is 466 g/mol. The summed E-state index contributed by atoms with van der Waals surface area (Å²) in [6, 6.07) is 13.0. The largest absolute Gasteiger partial charge is 0.396 e. The number of thiophene rings is 1. The molecule has 4 N–H and O–H groups in total. The molecule has 1 fully saturated rings. The maximum absolute atomic E-state index is 13.3. The van der Waals surface area contributed by atoms with Crippen molar-refractivity contribution >= 4 is 33.9 Å². The smallest absolute Gasteiger partial charge is 0.253 e. The lowest BCUT2D eigenvalue weighted by Gasteiger charge is -2.38. The summed E-state index contributed by atoms with van der Waals surface area (Å²) in [6.45, 7) is 5.72. The van der Waals surface area contributed by atoms with Gasteiger partial charge in [-0.2, -0.15) is 0 Å². The molecule has 2 aromatic rings.